The highest BCUT2D eigenvalue weighted by atomic mass is 35.5. The van der Waals surface area contributed by atoms with Crippen molar-refractivity contribution in [2.24, 2.45) is 0 Å². The van der Waals surface area contributed by atoms with Crippen molar-refractivity contribution in [2.45, 2.75) is 19.4 Å². The van der Waals surface area contributed by atoms with Gasteiger partial charge in [0.05, 0.1) is 28.3 Å². The monoisotopic (exact) mass is 385 g/mol. The SMILES string of the molecule is Cc1ccc(C(=O)NCC2Cc3cc(-c4cnccn4)cc(Cl)c3O2)s1. The Balaban J connectivity index is 1.45. The number of halogens is 1. The van der Waals surface area contributed by atoms with Crippen LogP contribution in [0.3, 0.4) is 0 Å². The first kappa shape index (κ1) is 17.0. The summed E-state index contributed by atoms with van der Waals surface area (Å²) >= 11 is 7.87. The minimum Gasteiger partial charge on any atom is -0.486 e. The zero-order valence-corrected chi connectivity index (χ0v) is 15.6. The van der Waals surface area contributed by atoms with Crippen LogP contribution >= 0.6 is 22.9 Å². The summed E-state index contributed by atoms with van der Waals surface area (Å²) in [6.45, 7) is 2.41. The molecule has 0 saturated heterocycles. The smallest absolute Gasteiger partial charge is 0.261 e. The van der Waals surface area contributed by atoms with Crippen LogP contribution in [0, 0.1) is 6.92 Å². The van der Waals surface area contributed by atoms with Gasteiger partial charge >= 0.3 is 0 Å². The van der Waals surface area contributed by atoms with Gasteiger partial charge in [-0.2, -0.15) is 0 Å². The number of fused-ring (bicyclic) bond motifs is 1. The largest absolute Gasteiger partial charge is 0.486 e. The maximum Gasteiger partial charge on any atom is 0.261 e. The third kappa shape index (κ3) is 3.43. The highest BCUT2D eigenvalue weighted by Gasteiger charge is 2.26. The fourth-order valence-electron chi connectivity index (χ4n) is 2.95. The van der Waals surface area contributed by atoms with Crippen molar-refractivity contribution in [3.05, 3.63) is 63.2 Å². The van der Waals surface area contributed by atoms with Crippen LogP contribution in [0.15, 0.2) is 42.9 Å². The molecule has 0 bridgehead atoms. The quantitative estimate of drug-likeness (QED) is 0.739. The van der Waals surface area contributed by atoms with E-state index in [9.17, 15) is 4.79 Å². The number of rotatable bonds is 4. The summed E-state index contributed by atoms with van der Waals surface area (Å²) in [4.78, 5) is 22.4. The molecule has 4 rings (SSSR count). The maximum atomic E-state index is 12.2. The summed E-state index contributed by atoms with van der Waals surface area (Å²) < 4.78 is 5.94. The second-order valence-electron chi connectivity index (χ2n) is 6.10. The molecule has 26 heavy (non-hydrogen) atoms. The van der Waals surface area contributed by atoms with Crippen LogP contribution in [0.5, 0.6) is 5.75 Å². The molecule has 5 nitrogen and oxygen atoms in total. The van der Waals surface area contributed by atoms with E-state index in [0.29, 0.717) is 28.6 Å². The van der Waals surface area contributed by atoms with Gasteiger partial charge in [-0.15, -0.1) is 11.3 Å². The van der Waals surface area contributed by atoms with Crippen LogP contribution in [-0.2, 0) is 6.42 Å². The number of nitrogens with one attached hydrogen (secondary N) is 1. The minimum absolute atomic E-state index is 0.0750. The number of carbonyl (C=O) groups is 1. The van der Waals surface area contributed by atoms with E-state index in [2.05, 4.69) is 15.3 Å². The fourth-order valence-corrected chi connectivity index (χ4v) is 4.02. The standard InChI is InChI=1S/C19H16ClN3O2S/c1-11-2-3-17(26-11)19(24)23-9-14-7-13-6-12(8-15(20)18(13)25-14)16-10-21-4-5-22-16/h2-6,8,10,14H,7,9H2,1H3,(H,23,24). The first-order valence-electron chi connectivity index (χ1n) is 8.20. The third-order valence-corrected chi connectivity index (χ3v) is 5.45. The summed E-state index contributed by atoms with van der Waals surface area (Å²) in [5.74, 6) is 0.611. The van der Waals surface area contributed by atoms with Gasteiger partial charge in [0.15, 0.2) is 0 Å². The average Bonchev–Trinajstić information content (AvgIpc) is 3.27. The van der Waals surface area contributed by atoms with E-state index in [-0.39, 0.29) is 12.0 Å². The Kier molecular flexibility index (Phi) is 4.61. The molecule has 1 aromatic carbocycles. The summed E-state index contributed by atoms with van der Waals surface area (Å²) in [6, 6.07) is 7.63. The van der Waals surface area contributed by atoms with E-state index in [1.165, 1.54) is 11.3 Å². The van der Waals surface area contributed by atoms with Gasteiger partial charge in [-0.1, -0.05) is 11.6 Å². The van der Waals surface area contributed by atoms with Gasteiger partial charge < -0.3 is 10.1 Å². The molecular formula is C19H16ClN3O2S. The van der Waals surface area contributed by atoms with E-state index < -0.39 is 0 Å². The molecule has 1 unspecified atom stereocenters. The molecule has 1 aliphatic heterocycles. The Bertz CT molecular complexity index is 959. The van der Waals surface area contributed by atoms with Crippen LogP contribution < -0.4 is 10.1 Å². The number of benzene rings is 1. The number of aromatic nitrogens is 2. The molecule has 0 fully saturated rings. The molecule has 1 aliphatic rings. The summed E-state index contributed by atoms with van der Waals surface area (Å²) in [5, 5.41) is 3.48. The molecule has 2 aromatic heterocycles. The Morgan fingerprint density at radius 2 is 2.27 bits per heavy atom. The predicted molar refractivity (Wildman–Crippen MR) is 102 cm³/mol. The van der Waals surface area contributed by atoms with Crippen molar-refractivity contribution >= 4 is 28.8 Å². The van der Waals surface area contributed by atoms with E-state index >= 15 is 0 Å². The zero-order valence-electron chi connectivity index (χ0n) is 14.0. The first-order valence-corrected chi connectivity index (χ1v) is 9.39. The van der Waals surface area contributed by atoms with Crippen LogP contribution in [0.2, 0.25) is 5.02 Å². The molecule has 7 heteroatoms. The second-order valence-corrected chi connectivity index (χ2v) is 7.80. The van der Waals surface area contributed by atoms with Gasteiger partial charge in [0.2, 0.25) is 0 Å². The van der Waals surface area contributed by atoms with E-state index in [0.717, 1.165) is 21.7 Å². The van der Waals surface area contributed by atoms with Gasteiger partial charge in [-0.3, -0.25) is 14.8 Å². The summed E-state index contributed by atoms with van der Waals surface area (Å²) in [7, 11) is 0. The van der Waals surface area contributed by atoms with Crippen molar-refractivity contribution in [2.75, 3.05) is 6.54 Å². The van der Waals surface area contributed by atoms with Crippen molar-refractivity contribution in [1.29, 1.82) is 0 Å². The normalized spacial score (nSPS) is 15.4. The highest BCUT2D eigenvalue weighted by Crippen LogP contribution is 2.39. The minimum atomic E-state index is -0.135. The van der Waals surface area contributed by atoms with E-state index in [1.54, 1.807) is 18.6 Å². The predicted octanol–water partition coefficient (Wildman–Crippen LogP) is 3.90. The lowest BCUT2D eigenvalue weighted by molar-refractivity contribution is 0.0937. The Hall–Kier alpha value is -2.44. The number of carbonyl (C=O) groups excluding carboxylic acids is 1. The van der Waals surface area contributed by atoms with E-state index in [1.807, 2.05) is 31.2 Å². The number of nitrogens with zero attached hydrogens (tertiary/aromatic N) is 2. The van der Waals surface area contributed by atoms with Gasteiger partial charge in [-0.25, -0.2) is 0 Å². The summed E-state index contributed by atoms with van der Waals surface area (Å²) in [6.07, 6.45) is 5.54. The maximum absolute atomic E-state index is 12.2. The van der Waals surface area contributed by atoms with Gasteiger partial charge in [0.25, 0.3) is 5.91 Å². The van der Waals surface area contributed by atoms with Crippen molar-refractivity contribution in [1.82, 2.24) is 15.3 Å². The zero-order chi connectivity index (χ0) is 18.1. The van der Waals surface area contributed by atoms with Crippen LogP contribution in [-0.4, -0.2) is 28.5 Å². The molecule has 3 heterocycles. The molecule has 0 aliphatic carbocycles. The topological polar surface area (TPSA) is 64.1 Å². The number of hydrogen-bond acceptors (Lipinski definition) is 5. The third-order valence-electron chi connectivity index (χ3n) is 4.17. The van der Waals surface area contributed by atoms with Crippen molar-refractivity contribution in [3.8, 4) is 17.0 Å². The summed E-state index contributed by atoms with van der Waals surface area (Å²) in [5.41, 5.74) is 2.69. The fraction of sp³-hybridized carbons (Fsp3) is 0.211. The van der Waals surface area contributed by atoms with Crippen LogP contribution in [0.25, 0.3) is 11.3 Å². The lowest BCUT2D eigenvalue weighted by Gasteiger charge is -2.12. The Morgan fingerprint density at radius 1 is 1.38 bits per heavy atom. The molecule has 132 valence electrons. The number of hydrogen-bond donors (Lipinski definition) is 1. The molecule has 0 spiro atoms. The van der Waals surface area contributed by atoms with Gasteiger partial charge in [-0.05, 0) is 31.2 Å². The van der Waals surface area contributed by atoms with Crippen molar-refractivity contribution < 1.29 is 9.53 Å². The molecule has 0 radical (unpaired) electrons. The molecule has 1 amide bonds. The lowest BCUT2D eigenvalue weighted by Crippen LogP contribution is -2.34. The van der Waals surface area contributed by atoms with Gasteiger partial charge in [0, 0.05) is 34.8 Å². The Morgan fingerprint density at radius 3 is 3.00 bits per heavy atom. The molecule has 3 aromatic rings. The Labute approximate surface area is 160 Å². The number of aryl methyl sites for hydroxylation is 1. The average molecular weight is 386 g/mol. The molecule has 0 saturated carbocycles. The van der Waals surface area contributed by atoms with Crippen LogP contribution in [0.1, 0.15) is 20.1 Å². The lowest BCUT2D eigenvalue weighted by atomic mass is 10.0. The van der Waals surface area contributed by atoms with Gasteiger partial charge in [0.1, 0.15) is 11.9 Å². The number of thiophene rings is 1. The van der Waals surface area contributed by atoms with Crippen molar-refractivity contribution in [3.63, 3.8) is 0 Å². The molecular weight excluding hydrogens is 370 g/mol. The molecule has 1 N–H and O–H groups in total. The van der Waals surface area contributed by atoms with E-state index in [4.69, 9.17) is 16.3 Å². The second kappa shape index (κ2) is 7.05. The first-order chi connectivity index (χ1) is 12.6. The highest BCUT2D eigenvalue weighted by molar-refractivity contribution is 7.13. The number of amides is 1. The molecule has 1 atom stereocenters. The number of ether oxygens (including phenoxy) is 1. The van der Waals surface area contributed by atoms with Crippen LogP contribution in [0.4, 0.5) is 0 Å².